The summed E-state index contributed by atoms with van der Waals surface area (Å²) in [4.78, 5) is 12.8. The minimum Gasteiger partial charge on any atom is -0.396 e. The Bertz CT molecular complexity index is 639. The van der Waals surface area contributed by atoms with Crippen molar-refractivity contribution in [2.75, 3.05) is 5.73 Å². The van der Waals surface area contributed by atoms with Crippen LogP contribution in [0.25, 0.3) is 0 Å². The van der Waals surface area contributed by atoms with Gasteiger partial charge < -0.3 is 5.73 Å². The molecule has 2 N–H and O–H groups in total. The first kappa shape index (κ1) is 13.2. The summed E-state index contributed by atoms with van der Waals surface area (Å²) in [6.45, 7) is 1.71. The molecule has 0 amide bonds. The third-order valence-electron chi connectivity index (χ3n) is 2.48. The number of anilines is 1. The van der Waals surface area contributed by atoms with E-state index in [9.17, 15) is 13.6 Å². The largest absolute Gasteiger partial charge is 0.396 e. The quantitative estimate of drug-likeness (QED) is 0.669. The summed E-state index contributed by atoms with van der Waals surface area (Å²) in [5, 5.41) is 0. The fourth-order valence-corrected chi connectivity index (χ4v) is 3.27. The lowest BCUT2D eigenvalue weighted by Crippen LogP contribution is -2.09. The van der Waals surface area contributed by atoms with Crippen LogP contribution in [0.5, 0.6) is 0 Å². The molecule has 2 rings (SSSR count). The van der Waals surface area contributed by atoms with Crippen LogP contribution in [0, 0.1) is 18.6 Å². The highest BCUT2D eigenvalue weighted by molar-refractivity contribution is 9.11. The standard InChI is InChI=1S/C12H8BrF2NOS/c1-5-6(4-9(13)18-5)12(17)10-7(14)2-3-8(16)11(10)15/h2-4H,16H2,1H3. The first-order chi connectivity index (χ1) is 8.41. The molecule has 0 bridgehead atoms. The first-order valence-corrected chi connectivity index (χ1v) is 6.57. The molecule has 0 saturated carbocycles. The number of thiophene rings is 1. The number of hydrogen-bond donors (Lipinski definition) is 1. The summed E-state index contributed by atoms with van der Waals surface area (Å²) in [7, 11) is 0. The zero-order valence-corrected chi connectivity index (χ0v) is 11.7. The van der Waals surface area contributed by atoms with Crippen LogP contribution in [0.2, 0.25) is 0 Å². The number of nitrogens with two attached hydrogens (primary N) is 1. The van der Waals surface area contributed by atoms with Gasteiger partial charge in [-0.2, -0.15) is 0 Å². The minimum atomic E-state index is -1.01. The number of carbonyl (C=O) groups is 1. The molecular formula is C12H8BrF2NOS. The van der Waals surface area contributed by atoms with E-state index in [1.807, 2.05) is 0 Å². The third-order valence-corrected chi connectivity index (χ3v) is 4.03. The van der Waals surface area contributed by atoms with E-state index in [-0.39, 0.29) is 11.3 Å². The van der Waals surface area contributed by atoms with Crippen LogP contribution in [0.1, 0.15) is 20.8 Å². The molecule has 0 aliphatic heterocycles. The first-order valence-electron chi connectivity index (χ1n) is 4.96. The second kappa shape index (κ2) is 4.78. The van der Waals surface area contributed by atoms with Crippen LogP contribution in [0.3, 0.4) is 0 Å². The highest BCUT2D eigenvalue weighted by atomic mass is 79.9. The third kappa shape index (κ3) is 2.18. The molecule has 2 aromatic rings. The molecule has 0 atom stereocenters. The normalized spacial score (nSPS) is 10.7. The molecule has 0 radical (unpaired) electrons. The maximum absolute atomic E-state index is 13.7. The molecule has 94 valence electrons. The van der Waals surface area contributed by atoms with Crippen molar-refractivity contribution in [3.63, 3.8) is 0 Å². The van der Waals surface area contributed by atoms with Crippen LogP contribution < -0.4 is 5.73 Å². The summed E-state index contributed by atoms with van der Waals surface area (Å²) in [6, 6.07) is 3.63. The van der Waals surface area contributed by atoms with E-state index >= 15 is 0 Å². The van der Waals surface area contributed by atoms with Crippen LogP contribution in [0.15, 0.2) is 22.0 Å². The Morgan fingerprint density at radius 2 is 2.06 bits per heavy atom. The van der Waals surface area contributed by atoms with E-state index in [0.29, 0.717) is 4.88 Å². The van der Waals surface area contributed by atoms with E-state index in [4.69, 9.17) is 5.73 Å². The van der Waals surface area contributed by atoms with Gasteiger partial charge in [-0.25, -0.2) is 8.78 Å². The Hall–Kier alpha value is -1.27. The summed E-state index contributed by atoms with van der Waals surface area (Å²) in [5.74, 6) is -2.62. The van der Waals surface area contributed by atoms with E-state index in [1.54, 1.807) is 13.0 Å². The van der Waals surface area contributed by atoms with Crippen molar-refractivity contribution in [2.24, 2.45) is 0 Å². The van der Waals surface area contributed by atoms with Gasteiger partial charge >= 0.3 is 0 Å². The SMILES string of the molecule is Cc1sc(Br)cc1C(=O)c1c(F)ccc(N)c1F. The molecule has 0 spiro atoms. The van der Waals surface area contributed by atoms with Gasteiger partial charge in [0.2, 0.25) is 0 Å². The molecule has 2 nitrogen and oxygen atoms in total. The summed E-state index contributed by atoms with van der Waals surface area (Å²) >= 11 is 4.56. The van der Waals surface area contributed by atoms with Crippen LogP contribution in [-0.2, 0) is 0 Å². The molecular weight excluding hydrogens is 324 g/mol. The van der Waals surface area contributed by atoms with Gasteiger partial charge in [0.05, 0.1) is 15.0 Å². The monoisotopic (exact) mass is 331 g/mol. The number of ketones is 1. The Balaban J connectivity index is 2.60. The fourth-order valence-electron chi connectivity index (χ4n) is 1.58. The van der Waals surface area contributed by atoms with Crippen LogP contribution in [-0.4, -0.2) is 5.78 Å². The van der Waals surface area contributed by atoms with Crippen molar-refractivity contribution in [1.82, 2.24) is 0 Å². The average molecular weight is 332 g/mol. The Labute approximate surface area is 115 Å². The van der Waals surface area contributed by atoms with E-state index < -0.39 is 23.0 Å². The lowest BCUT2D eigenvalue weighted by Gasteiger charge is -2.05. The number of nitrogen functional groups attached to an aromatic ring is 1. The van der Waals surface area contributed by atoms with Crippen molar-refractivity contribution in [2.45, 2.75) is 6.92 Å². The predicted molar refractivity (Wildman–Crippen MR) is 71.0 cm³/mol. The van der Waals surface area contributed by atoms with E-state index in [0.717, 1.165) is 15.9 Å². The van der Waals surface area contributed by atoms with Gasteiger partial charge in [0, 0.05) is 10.4 Å². The number of hydrogen-bond acceptors (Lipinski definition) is 3. The maximum Gasteiger partial charge on any atom is 0.200 e. The average Bonchev–Trinajstić information content (AvgIpc) is 2.63. The smallest absolute Gasteiger partial charge is 0.200 e. The molecule has 0 saturated heterocycles. The van der Waals surface area contributed by atoms with Crippen molar-refractivity contribution in [1.29, 1.82) is 0 Å². The highest BCUT2D eigenvalue weighted by Gasteiger charge is 2.23. The second-order valence-electron chi connectivity index (χ2n) is 3.68. The lowest BCUT2D eigenvalue weighted by molar-refractivity contribution is 0.103. The number of carbonyl (C=O) groups excluding carboxylic acids is 1. The number of rotatable bonds is 2. The van der Waals surface area contributed by atoms with Crippen molar-refractivity contribution in [3.05, 3.63) is 49.6 Å². The zero-order valence-electron chi connectivity index (χ0n) is 9.26. The molecule has 0 aliphatic rings. The topological polar surface area (TPSA) is 43.1 Å². The summed E-state index contributed by atoms with van der Waals surface area (Å²) in [6.07, 6.45) is 0. The van der Waals surface area contributed by atoms with Crippen molar-refractivity contribution >= 4 is 38.7 Å². The van der Waals surface area contributed by atoms with Gasteiger partial charge in [-0.3, -0.25) is 4.79 Å². The fraction of sp³-hybridized carbons (Fsp3) is 0.0833. The molecule has 18 heavy (non-hydrogen) atoms. The lowest BCUT2D eigenvalue weighted by atomic mass is 10.0. The Morgan fingerprint density at radius 1 is 1.39 bits per heavy atom. The maximum atomic E-state index is 13.7. The minimum absolute atomic E-state index is 0.244. The number of aryl methyl sites for hydroxylation is 1. The number of halogens is 3. The summed E-state index contributed by atoms with van der Waals surface area (Å²) in [5.41, 5.74) is 4.77. The molecule has 0 unspecified atom stereocenters. The van der Waals surface area contributed by atoms with Gasteiger partial charge in [0.1, 0.15) is 5.82 Å². The van der Waals surface area contributed by atoms with Gasteiger partial charge in [0.25, 0.3) is 0 Å². The van der Waals surface area contributed by atoms with E-state index in [1.165, 1.54) is 11.3 Å². The van der Waals surface area contributed by atoms with Gasteiger partial charge in [-0.15, -0.1) is 11.3 Å². The molecule has 0 fully saturated rings. The Morgan fingerprint density at radius 3 is 2.61 bits per heavy atom. The van der Waals surface area contributed by atoms with Crippen LogP contribution in [0.4, 0.5) is 14.5 Å². The van der Waals surface area contributed by atoms with Crippen LogP contribution >= 0.6 is 27.3 Å². The Kier molecular flexibility index (Phi) is 3.49. The van der Waals surface area contributed by atoms with Crippen molar-refractivity contribution in [3.8, 4) is 0 Å². The summed E-state index contributed by atoms with van der Waals surface area (Å²) < 4.78 is 28.1. The second-order valence-corrected chi connectivity index (χ2v) is 6.31. The number of benzene rings is 1. The van der Waals surface area contributed by atoms with Gasteiger partial charge in [-0.05, 0) is 41.1 Å². The van der Waals surface area contributed by atoms with Gasteiger partial charge in [-0.1, -0.05) is 0 Å². The van der Waals surface area contributed by atoms with Crippen molar-refractivity contribution < 1.29 is 13.6 Å². The molecule has 1 aromatic heterocycles. The van der Waals surface area contributed by atoms with Gasteiger partial charge in [0.15, 0.2) is 11.6 Å². The molecule has 0 aliphatic carbocycles. The molecule has 6 heteroatoms. The van der Waals surface area contributed by atoms with E-state index in [2.05, 4.69) is 15.9 Å². The highest BCUT2D eigenvalue weighted by Crippen LogP contribution is 2.30. The molecule has 1 aromatic carbocycles. The predicted octanol–water partition coefficient (Wildman–Crippen LogP) is 3.91. The molecule has 1 heterocycles. The zero-order chi connectivity index (χ0) is 13.4.